The fourth-order valence-electron chi connectivity index (χ4n) is 7.74. The predicted molar refractivity (Wildman–Crippen MR) is 126 cm³/mol. The molecule has 5 atom stereocenters. The van der Waals surface area contributed by atoms with E-state index in [1.54, 1.807) is 6.92 Å². The third-order valence-electron chi connectivity index (χ3n) is 9.08. The molecule has 2 saturated carbocycles. The van der Waals surface area contributed by atoms with E-state index in [1.807, 2.05) is 18.2 Å². The highest BCUT2D eigenvalue weighted by Crippen LogP contribution is 2.67. The second kappa shape index (κ2) is 7.68. The van der Waals surface area contributed by atoms with Crippen LogP contribution in [0, 0.1) is 17.3 Å². The number of nitrogens with two attached hydrogens (primary N) is 1. The van der Waals surface area contributed by atoms with E-state index >= 15 is 0 Å². The van der Waals surface area contributed by atoms with Crippen molar-refractivity contribution in [2.75, 3.05) is 5.73 Å². The molecule has 33 heavy (non-hydrogen) atoms. The van der Waals surface area contributed by atoms with Crippen LogP contribution >= 0.6 is 0 Å². The van der Waals surface area contributed by atoms with Gasteiger partial charge in [0.1, 0.15) is 0 Å². The second-order valence-corrected chi connectivity index (χ2v) is 10.7. The first-order chi connectivity index (χ1) is 15.7. The van der Waals surface area contributed by atoms with Crippen LogP contribution in [0.5, 0.6) is 0 Å². The van der Waals surface area contributed by atoms with Crippen molar-refractivity contribution in [3.8, 4) is 0 Å². The van der Waals surface area contributed by atoms with Gasteiger partial charge < -0.3 is 10.5 Å². The maximum atomic E-state index is 13.1. The number of esters is 1. The number of carbonyl (C=O) groups excluding carboxylic acids is 3. The maximum Gasteiger partial charge on any atom is 0.303 e. The molecule has 0 bridgehead atoms. The van der Waals surface area contributed by atoms with E-state index < -0.39 is 11.0 Å². The van der Waals surface area contributed by atoms with E-state index in [9.17, 15) is 14.4 Å². The zero-order valence-corrected chi connectivity index (χ0v) is 19.8. The monoisotopic (exact) mass is 447 g/mol. The molecular weight excluding hydrogens is 414 g/mol. The standard InChI is InChI=1S/C28H33NO4/c1-16(30)28(33-17(2)31)13-12-25-23-10-6-19-14-21(32)9-11-22(19)26(23)24(15-27(25,28)3)18-4-7-20(29)8-5-18/h4-5,7-8,14,23-25H,6,9-13,15,29H2,1-3H3/t23-,24+,25-,27-,28-/m0/s1. The summed E-state index contributed by atoms with van der Waals surface area (Å²) in [5.74, 6) is 0.491. The van der Waals surface area contributed by atoms with E-state index in [4.69, 9.17) is 10.5 Å². The summed E-state index contributed by atoms with van der Waals surface area (Å²) in [4.78, 5) is 37.5. The van der Waals surface area contributed by atoms with Gasteiger partial charge in [-0.2, -0.15) is 0 Å². The summed E-state index contributed by atoms with van der Waals surface area (Å²) in [6, 6.07) is 8.06. The highest BCUT2D eigenvalue weighted by molar-refractivity contribution is 5.93. The summed E-state index contributed by atoms with van der Waals surface area (Å²) in [5, 5.41) is 0. The lowest BCUT2D eigenvalue weighted by Gasteiger charge is -2.55. The Bertz CT molecular complexity index is 1100. The first-order valence-electron chi connectivity index (χ1n) is 12.2. The zero-order valence-electron chi connectivity index (χ0n) is 19.8. The molecule has 5 rings (SSSR count). The number of carbonyl (C=O) groups is 3. The molecule has 4 aliphatic carbocycles. The Morgan fingerprint density at radius 2 is 1.79 bits per heavy atom. The van der Waals surface area contributed by atoms with E-state index in [0.717, 1.165) is 37.8 Å². The quantitative estimate of drug-likeness (QED) is 0.517. The average Bonchev–Trinajstić information content (AvgIpc) is 3.06. The number of nitrogen functional groups attached to an aromatic ring is 1. The zero-order chi connectivity index (χ0) is 23.5. The Morgan fingerprint density at radius 3 is 2.45 bits per heavy atom. The highest BCUT2D eigenvalue weighted by Gasteiger charge is 2.67. The molecule has 5 heteroatoms. The van der Waals surface area contributed by atoms with Crippen molar-refractivity contribution in [3.63, 3.8) is 0 Å². The Morgan fingerprint density at radius 1 is 1.06 bits per heavy atom. The molecule has 0 unspecified atom stereocenters. The van der Waals surface area contributed by atoms with Gasteiger partial charge in [0, 0.05) is 30.4 Å². The highest BCUT2D eigenvalue weighted by atomic mass is 16.6. The molecule has 174 valence electrons. The Balaban J connectivity index is 1.70. The van der Waals surface area contributed by atoms with Gasteiger partial charge in [-0.3, -0.25) is 14.4 Å². The fourth-order valence-corrected chi connectivity index (χ4v) is 7.74. The van der Waals surface area contributed by atoms with Crippen molar-refractivity contribution in [2.45, 2.75) is 77.2 Å². The van der Waals surface area contributed by atoms with Gasteiger partial charge in [-0.25, -0.2) is 0 Å². The minimum Gasteiger partial charge on any atom is -0.451 e. The number of fused-ring (bicyclic) bond motifs is 4. The summed E-state index contributed by atoms with van der Waals surface area (Å²) < 4.78 is 5.96. The van der Waals surface area contributed by atoms with E-state index in [2.05, 4.69) is 19.1 Å². The van der Waals surface area contributed by atoms with Gasteiger partial charge >= 0.3 is 5.97 Å². The van der Waals surface area contributed by atoms with Crippen molar-refractivity contribution < 1.29 is 19.1 Å². The molecular formula is C28H33NO4. The van der Waals surface area contributed by atoms with Crippen LogP contribution < -0.4 is 5.73 Å². The van der Waals surface area contributed by atoms with Gasteiger partial charge in [-0.15, -0.1) is 0 Å². The molecule has 4 aliphatic rings. The Hall–Kier alpha value is -2.69. The lowest BCUT2D eigenvalue weighted by atomic mass is 9.50. The van der Waals surface area contributed by atoms with Crippen molar-refractivity contribution in [1.82, 2.24) is 0 Å². The molecule has 0 heterocycles. The molecule has 0 saturated heterocycles. The van der Waals surface area contributed by atoms with Gasteiger partial charge in [0.15, 0.2) is 17.2 Å². The van der Waals surface area contributed by atoms with Crippen molar-refractivity contribution in [2.24, 2.45) is 17.3 Å². The molecule has 0 aromatic heterocycles. The molecule has 1 aromatic rings. The van der Waals surface area contributed by atoms with Crippen LogP contribution in [0.15, 0.2) is 47.1 Å². The first kappa shape index (κ1) is 22.1. The maximum absolute atomic E-state index is 13.1. The van der Waals surface area contributed by atoms with Crippen molar-refractivity contribution >= 4 is 23.2 Å². The van der Waals surface area contributed by atoms with Gasteiger partial charge in [0.05, 0.1) is 0 Å². The van der Waals surface area contributed by atoms with Gasteiger partial charge in [0.25, 0.3) is 0 Å². The predicted octanol–water partition coefficient (Wildman–Crippen LogP) is 5.06. The number of anilines is 1. The number of Topliss-reactive ketones (excluding diaryl/α,β-unsaturated/α-hetero) is 1. The van der Waals surface area contributed by atoms with Crippen LogP contribution in [0.3, 0.4) is 0 Å². The number of allylic oxidation sites excluding steroid dienone is 4. The Labute approximate surface area is 195 Å². The molecule has 0 amide bonds. The third kappa shape index (κ3) is 3.23. The molecule has 0 aliphatic heterocycles. The lowest BCUT2D eigenvalue weighted by molar-refractivity contribution is -0.182. The first-order valence-corrected chi connectivity index (χ1v) is 12.2. The number of hydrogen-bond acceptors (Lipinski definition) is 5. The normalized spacial score (nSPS) is 35.3. The van der Waals surface area contributed by atoms with Crippen LogP contribution in [-0.2, 0) is 19.1 Å². The van der Waals surface area contributed by atoms with Crippen LogP contribution in [0.1, 0.15) is 77.2 Å². The summed E-state index contributed by atoms with van der Waals surface area (Å²) in [5.41, 5.74) is 10.4. The van der Waals surface area contributed by atoms with Crippen molar-refractivity contribution in [3.05, 3.63) is 52.6 Å². The summed E-state index contributed by atoms with van der Waals surface area (Å²) >= 11 is 0. The lowest BCUT2D eigenvalue weighted by Crippen LogP contribution is -2.57. The van der Waals surface area contributed by atoms with E-state index in [0.29, 0.717) is 18.8 Å². The summed E-state index contributed by atoms with van der Waals surface area (Å²) in [6.07, 6.45) is 7.29. The van der Waals surface area contributed by atoms with Crippen LogP contribution in [0.2, 0.25) is 0 Å². The number of benzene rings is 1. The second-order valence-electron chi connectivity index (χ2n) is 10.7. The molecule has 2 fully saturated rings. The molecule has 0 radical (unpaired) electrons. The minimum atomic E-state index is -1.08. The molecule has 2 N–H and O–H groups in total. The number of rotatable bonds is 3. The largest absolute Gasteiger partial charge is 0.451 e. The molecule has 5 nitrogen and oxygen atoms in total. The number of ketones is 2. The Kier molecular flexibility index (Phi) is 5.15. The SMILES string of the molecule is CC(=O)O[C@]1(C(C)=O)CC[C@H]2[C@@H]3CCC4=CC(=O)CCC4=C3[C@@H](c3ccc(N)cc3)C[C@@]21C. The summed E-state index contributed by atoms with van der Waals surface area (Å²) in [6.45, 7) is 5.17. The fraction of sp³-hybridized carbons (Fsp3) is 0.536. The van der Waals surface area contributed by atoms with Gasteiger partial charge in [0.2, 0.25) is 0 Å². The number of ether oxygens (including phenoxy) is 1. The van der Waals surface area contributed by atoms with Crippen LogP contribution in [0.25, 0.3) is 0 Å². The van der Waals surface area contributed by atoms with Crippen molar-refractivity contribution in [1.29, 1.82) is 0 Å². The molecule has 1 aromatic carbocycles. The van der Waals surface area contributed by atoms with Gasteiger partial charge in [-0.05, 0) is 92.2 Å². The minimum absolute atomic E-state index is 0.0467. The molecule has 0 spiro atoms. The number of hydrogen-bond donors (Lipinski definition) is 1. The third-order valence-corrected chi connectivity index (χ3v) is 9.08. The average molecular weight is 448 g/mol. The van der Waals surface area contributed by atoms with Gasteiger partial charge in [-0.1, -0.05) is 24.6 Å². The van der Waals surface area contributed by atoms with Crippen LogP contribution in [0.4, 0.5) is 5.69 Å². The van der Waals surface area contributed by atoms with E-state index in [1.165, 1.54) is 29.2 Å². The summed E-state index contributed by atoms with van der Waals surface area (Å²) in [7, 11) is 0. The topological polar surface area (TPSA) is 86.5 Å². The van der Waals surface area contributed by atoms with E-state index in [-0.39, 0.29) is 29.4 Å². The van der Waals surface area contributed by atoms with Crippen LogP contribution in [-0.4, -0.2) is 23.1 Å². The smallest absolute Gasteiger partial charge is 0.303 e.